The number of thiazole rings is 1. The monoisotopic (exact) mass is 363 g/mol. The number of likely N-dealkylation sites (N-methyl/N-ethyl adjacent to an activating group) is 1. The molecule has 0 saturated carbocycles. The molecule has 1 heterocycles. The van der Waals surface area contributed by atoms with E-state index in [0.717, 1.165) is 49.1 Å². The van der Waals surface area contributed by atoms with E-state index < -0.39 is 0 Å². The van der Waals surface area contributed by atoms with E-state index in [9.17, 15) is 4.39 Å². The Labute approximate surface area is 153 Å². The summed E-state index contributed by atoms with van der Waals surface area (Å²) in [5.74, 6) is 0.597. The first kappa shape index (κ1) is 19.3. The Balaban J connectivity index is 1.63. The van der Waals surface area contributed by atoms with Gasteiger partial charge in [0.05, 0.1) is 5.01 Å². The van der Waals surface area contributed by atoms with Crippen molar-refractivity contribution in [2.75, 3.05) is 33.7 Å². The molecular formula is C18H26FN5S. The average molecular weight is 364 g/mol. The van der Waals surface area contributed by atoms with Gasteiger partial charge in [0.2, 0.25) is 0 Å². The van der Waals surface area contributed by atoms with Crippen LogP contribution in [0.1, 0.15) is 15.4 Å². The van der Waals surface area contributed by atoms with Gasteiger partial charge in [0.15, 0.2) is 5.96 Å². The number of nitrogens with one attached hydrogen (secondary N) is 2. The van der Waals surface area contributed by atoms with E-state index in [2.05, 4.69) is 32.4 Å². The number of aryl methyl sites for hydroxylation is 1. The summed E-state index contributed by atoms with van der Waals surface area (Å²) in [6.07, 6.45) is 2.80. The summed E-state index contributed by atoms with van der Waals surface area (Å²) in [4.78, 5) is 12.0. The number of halogens is 1. The molecule has 2 rings (SSSR count). The van der Waals surface area contributed by atoms with Crippen molar-refractivity contribution in [3.8, 4) is 0 Å². The number of aliphatic imine (C=N–C) groups is 1. The van der Waals surface area contributed by atoms with E-state index >= 15 is 0 Å². The van der Waals surface area contributed by atoms with Crippen LogP contribution in [0.3, 0.4) is 0 Å². The second kappa shape index (κ2) is 10.1. The maximum Gasteiger partial charge on any atom is 0.191 e. The second-order valence-corrected chi connectivity index (χ2v) is 7.22. The molecule has 1 aromatic carbocycles. The Morgan fingerprint density at radius 3 is 2.60 bits per heavy atom. The molecule has 0 unspecified atom stereocenters. The maximum atomic E-state index is 12.9. The van der Waals surface area contributed by atoms with Crippen molar-refractivity contribution in [2.24, 2.45) is 4.99 Å². The third-order valence-corrected chi connectivity index (χ3v) is 4.65. The maximum absolute atomic E-state index is 12.9. The lowest BCUT2D eigenvalue weighted by Gasteiger charge is -2.18. The van der Waals surface area contributed by atoms with Crippen molar-refractivity contribution >= 4 is 17.3 Å². The quantitative estimate of drug-likeness (QED) is 0.559. The van der Waals surface area contributed by atoms with Gasteiger partial charge in [-0.1, -0.05) is 12.1 Å². The fraction of sp³-hybridized carbons (Fsp3) is 0.444. The molecule has 2 aromatic rings. The van der Waals surface area contributed by atoms with E-state index in [1.165, 1.54) is 17.0 Å². The van der Waals surface area contributed by atoms with Crippen LogP contribution >= 0.6 is 11.3 Å². The zero-order valence-corrected chi connectivity index (χ0v) is 15.9. The fourth-order valence-electron chi connectivity index (χ4n) is 2.37. The first-order valence-corrected chi connectivity index (χ1v) is 9.17. The standard InChI is InChI=1S/C18H26FN5S/c1-14-12-23-17(25-14)8-9-21-18(20-2)22-10-11-24(3)13-15-4-6-16(19)7-5-15/h4-7,12H,8-11,13H2,1-3H3,(H2,20,21,22). The first-order chi connectivity index (χ1) is 12.1. The molecule has 0 aliphatic carbocycles. The van der Waals surface area contributed by atoms with E-state index in [1.807, 2.05) is 25.4 Å². The lowest BCUT2D eigenvalue weighted by atomic mass is 10.2. The zero-order valence-electron chi connectivity index (χ0n) is 15.1. The lowest BCUT2D eigenvalue weighted by Crippen LogP contribution is -2.41. The summed E-state index contributed by atoms with van der Waals surface area (Å²) in [7, 11) is 3.82. The van der Waals surface area contributed by atoms with Gasteiger partial charge in [-0.05, 0) is 31.7 Å². The average Bonchev–Trinajstić information content (AvgIpc) is 3.01. The highest BCUT2D eigenvalue weighted by molar-refractivity contribution is 7.11. The van der Waals surface area contributed by atoms with Gasteiger partial charge in [-0.3, -0.25) is 4.99 Å². The van der Waals surface area contributed by atoms with Gasteiger partial charge >= 0.3 is 0 Å². The number of hydrogen-bond donors (Lipinski definition) is 2. The normalized spacial score (nSPS) is 11.8. The summed E-state index contributed by atoms with van der Waals surface area (Å²) < 4.78 is 12.9. The Kier molecular flexibility index (Phi) is 7.81. The van der Waals surface area contributed by atoms with Crippen molar-refractivity contribution in [3.63, 3.8) is 0 Å². The predicted octanol–water partition coefficient (Wildman–Crippen LogP) is 2.43. The summed E-state index contributed by atoms with van der Waals surface area (Å²) in [6, 6.07) is 6.63. The highest BCUT2D eigenvalue weighted by atomic mass is 32.1. The highest BCUT2D eigenvalue weighted by Gasteiger charge is 2.03. The predicted molar refractivity (Wildman–Crippen MR) is 103 cm³/mol. The molecule has 0 aliphatic heterocycles. The fourth-order valence-corrected chi connectivity index (χ4v) is 3.16. The highest BCUT2D eigenvalue weighted by Crippen LogP contribution is 2.10. The minimum absolute atomic E-state index is 0.198. The zero-order chi connectivity index (χ0) is 18.1. The molecular weight excluding hydrogens is 337 g/mol. The summed E-state index contributed by atoms with van der Waals surface area (Å²) in [5.41, 5.74) is 1.10. The van der Waals surface area contributed by atoms with Crippen molar-refractivity contribution in [3.05, 3.63) is 51.7 Å². The van der Waals surface area contributed by atoms with Crippen LogP contribution in [-0.4, -0.2) is 49.6 Å². The minimum Gasteiger partial charge on any atom is -0.356 e. The third-order valence-electron chi connectivity index (χ3n) is 3.68. The van der Waals surface area contributed by atoms with Crippen LogP contribution in [0.5, 0.6) is 0 Å². The van der Waals surface area contributed by atoms with Crippen molar-refractivity contribution < 1.29 is 4.39 Å². The van der Waals surface area contributed by atoms with Crippen LogP contribution < -0.4 is 10.6 Å². The third kappa shape index (κ3) is 7.19. The number of benzene rings is 1. The van der Waals surface area contributed by atoms with Crippen LogP contribution in [0.4, 0.5) is 4.39 Å². The molecule has 5 nitrogen and oxygen atoms in total. The van der Waals surface area contributed by atoms with E-state index in [1.54, 1.807) is 18.4 Å². The SMILES string of the molecule is CN=C(NCCc1ncc(C)s1)NCCN(C)Cc1ccc(F)cc1. The molecule has 0 saturated heterocycles. The van der Waals surface area contributed by atoms with Gasteiger partial charge in [-0.25, -0.2) is 9.37 Å². The van der Waals surface area contributed by atoms with E-state index in [4.69, 9.17) is 0 Å². The molecule has 0 spiro atoms. The molecule has 2 N–H and O–H groups in total. The topological polar surface area (TPSA) is 52.6 Å². The molecule has 136 valence electrons. The largest absolute Gasteiger partial charge is 0.356 e. The first-order valence-electron chi connectivity index (χ1n) is 8.35. The number of aromatic nitrogens is 1. The Hall–Kier alpha value is -1.99. The lowest BCUT2D eigenvalue weighted by molar-refractivity contribution is 0.331. The molecule has 0 atom stereocenters. The van der Waals surface area contributed by atoms with Crippen LogP contribution in [0.25, 0.3) is 0 Å². The van der Waals surface area contributed by atoms with Crippen LogP contribution in [-0.2, 0) is 13.0 Å². The summed E-state index contributed by atoms with van der Waals surface area (Å²) in [5, 5.41) is 7.75. The van der Waals surface area contributed by atoms with Gasteiger partial charge in [0.1, 0.15) is 5.82 Å². The van der Waals surface area contributed by atoms with Crippen molar-refractivity contribution in [1.29, 1.82) is 0 Å². The Bertz CT molecular complexity index is 668. The van der Waals surface area contributed by atoms with Crippen LogP contribution in [0, 0.1) is 12.7 Å². The van der Waals surface area contributed by atoms with Gasteiger partial charge in [-0.15, -0.1) is 11.3 Å². The van der Waals surface area contributed by atoms with Crippen molar-refractivity contribution in [1.82, 2.24) is 20.5 Å². The van der Waals surface area contributed by atoms with Gasteiger partial charge < -0.3 is 15.5 Å². The van der Waals surface area contributed by atoms with E-state index in [0.29, 0.717) is 0 Å². The number of guanidine groups is 1. The Morgan fingerprint density at radius 1 is 1.24 bits per heavy atom. The molecule has 0 aliphatic rings. The number of nitrogens with zero attached hydrogens (tertiary/aromatic N) is 3. The molecule has 0 amide bonds. The molecule has 0 bridgehead atoms. The van der Waals surface area contributed by atoms with Crippen LogP contribution in [0.2, 0.25) is 0 Å². The molecule has 0 fully saturated rings. The molecule has 25 heavy (non-hydrogen) atoms. The second-order valence-electron chi connectivity index (χ2n) is 5.90. The van der Waals surface area contributed by atoms with E-state index in [-0.39, 0.29) is 5.82 Å². The Morgan fingerprint density at radius 2 is 1.96 bits per heavy atom. The van der Waals surface area contributed by atoms with Crippen molar-refractivity contribution in [2.45, 2.75) is 19.9 Å². The van der Waals surface area contributed by atoms with Gasteiger partial charge in [0, 0.05) is 50.7 Å². The minimum atomic E-state index is -0.198. The van der Waals surface area contributed by atoms with Crippen LogP contribution in [0.15, 0.2) is 35.5 Å². The molecule has 7 heteroatoms. The summed E-state index contributed by atoms with van der Waals surface area (Å²) in [6.45, 7) is 5.31. The molecule has 1 aromatic heterocycles. The summed E-state index contributed by atoms with van der Waals surface area (Å²) >= 11 is 1.73. The molecule has 0 radical (unpaired) electrons. The van der Waals surface area contributed by atoms with Gasteiger partial charge in [0.25, 0.3) is 0 Å². The smallest absolute Gasteiger partial charge is 0.191 e. The van der Waals surface area contributed by atoms with Gasteiger partial charge in [-0.2, -0.15) is 0 Å². The number of hydrogen-bond acceptors (Lipinski definition) is 4. The number of rotatable bonds is 8.